The number of carbonyl (C=O) groups excluding carboxylic acids is 1. The van der Waals surface area contributed by atoms with E-state index in [1.165, 1.54) is 29.4 Å². The Morgan fingerprint density at radius 3 is 2.41 bits per heavy atom. The topological polar surface area (TPSA) is 108 Å². The predicted octanol–water partition coefficient (Wildman–Crippen LogP) is 5.30. The number of ether oxygens (including phenoxy) is 1. The number of esters is 1. The van der Waals surface area contributed by atoms with Gasteiger partial charge in [0.25, 0.3) is 0 Å². The minimum absolute atomic E-state index is 0.0231. The molecule has 44 heavy (non-hydrogen) atoms. The molecule has 0 bridgehead atoms. The van der Waals surface area contributed by atoms with E-state index >= 15 is 0 Å². The number of nitrogens with zero attached hydrogens (tertiary/aromatic N) is 6. The van der Waals surface area contributed by atoms with Crippen LogP contribution in [0.4, 0.5) is 21.8 Å². The van der Waals surface area contributed by atoms with Gasteiger partial charge in [-0.05, 0) is 42.3 Å². The summed E-state index contributed by atoms with van der Waals surface area (Å²) in [5.74, 6) is -0.158. The highest BCUT2D eigenvalue weighted by Crippen LogP contribution is 2.29. The van der Waals surface area contributed by atoms with Gasteiger partial charge in [0.15, 0.2) is 23.5 Å². The predicted molar refractivity (Wildman–Crippen MR) is 165 cm³/mol. The highest BCUT2D eigenvalue weighted by Gasteiger charge is 2.26. The fourth-order valence-corrected chi connectivity index (χ4v) is 4.98. The number of hydrogen-bond donors (Lipinski definition) is 2. The van der Waals surface area contributed by atoms with Gasteiger partial charge in [-0.1, -0.05) is 60.7 Å². The van der Waals surface area contributed by atoms with Crippen molar-refractivity contribution in [2.75, 3.05) is 21.7 Å². The van der Waals surface area contributed by atoms with Crippen molar-refractivity contribution in [3.63, 3.8) is 0 Å². The van der Waals surface area contributed by atoms with Gasteiger partial charge in [-0.3, -0.25) is 4.90 Å². The maximum atomic E-state index is 14.6. The number of hydrogen-bond acceptors (Lipinski definition) is 9. The first-order chi connectivity index (χ1) is 21.5. The van der Waals surface area contributed by atoms with Crippen LogP contribution in [0.15, 0.2) is 115 Å². The molecule has 4 heterocycles. The van der Waals surface area contributed by atoms with Gasteiger partial charge in [0.2, 0.25) is 0 Å². The summed E-state index contributed by atoms with van der Waals surface area (Å²) in [6.07, 6.45) is 6.49. The first kappa shape index (κ1) is 28.6. The van der Waals surface area contributed by atoms with E-state index in [4.69, 9.17) is 9.72 Å². The van der Waals surface area contributed by atoms with Crippen molar-refractivity contribution in [1.82, 2.24) is 19.6 Å². The molecule has 10 nitrogen and oxygen atoms in total. The second kappa shape index (κ2) is 12.8. The van der Waals surface area contributed by atoms with Gasteiger partial charge in [0.05, 0.1) is 18.5 Å². The number of aliphatic hydroxyl groups excluding tert-OH is 1. The zero-order valence-electron chi connectivity index (χ0n) is 23.9. The van der Waals surface area contributed by atoms with E-state index in [1.54, 1.807) is 35.9 Å². The summed E-state index contributed by atoms with van der Waals surface area (Å²) in [5, 5.41) is 19.0. The van der Waals surface area contributed by atoms with Crippen molar-refractivity contribution in [2.45, 2.75) is 26.2 Å². The number of pyridine rings is 1. The van der Waals surface area contributed by atoms with Crippen molar-refractivity contribution in [1.29, 1.82) is 0 Å². The summed E-state index contributed by atoms with van der Waals surface area (Å²) < 4.78 is 21.5. The van der Waals surface area contributed by atoms with E-state index in [9.17, 15) is 14.3 Å². The van der Waals surface area contributed by atoms with E-state index in [-0.39, 0.29) is 23.6 Å². The Kier molecular flexibility index (Phi) is 8.28. The Morgan fingerprint density at radius 1 is 1.05 bits per heavy atom. The monoisotopic (exact) mass is 591 g/mol. The number of halogens is 1. The Labute approximate surface area is 253 Å². The maximum absolute atomic E-state index is 14.6. The number of anilines is 3. The first-order valence-corrected chi connectivity index (χ1v) is 14.1. The lowest BCUT2D eigenvalue weighted by molar-refractivity contribution is 0.0528. The number of aliphatic hydroxyl groups is 1. The van der Waals surface area contributed by atoms with Gasteiger partial charge < -0.3 is 20.1 Å². The van der Waals surface area contributed by atoms with Crippen LogP contribution in [0.1, 0.15) is 28.4 Å². The molecule has 6 rings (SSSR count). The summed E-state index contributed by atoms with van der Waals surface area (Å²) >= 11 is 0. The lowest BCUT2D eigenvalue weighted by Gasteiger charge is -2.30. The van der Waals surface area contributed by atoms with E-state index in [0.29, 0.717) is 30.4 Å². The molecule has 0 radical (unpaired) electrons. The van der Waals surface area contributed by atoms with E-state index in [0.717, 1.165) is 11.1 Å². The fraction of sp³-hybridized carbons (Fsp3) is 0.152. The molecule has 1 aliphatic rings. The molecule has 5 aromatic rings. The first-order valence-electron chi connectivity index (χ1n) is 14.1. The molecule has 1 unspecified atom stereocenters. The standard InChI is InChI=1S/C33H30FN7O3/c1-2-44-33(43)25-20-36-41-29(39(21-23-11-5-3-6-12-23)22-24-13-7-4-8-14-24)19-28(38-30(25)41)37-27-16-10-18-40(32(27)42)31-26(34)15-9-17-35-31/h3-20,32,42H,2,21-22H2,1H3,(H,37,38). The maximum Gasteiger partial charge on any atom is 0.343 e. The van der Waals surface area contributed by atoms with Gasteiger partial charge in [0.1, 0.15) is 17.2 Å². The lowest BCUT2D eigenvalue weighted by atomic mass is 10.1. The van der Waals surface area contributed by atoms with Gasteiger partial charge in [-0.25, -0.2) is 19.2 Å². The Morgan fingerprint density at radius 2 is 1.75 bits per heavy atom. The Hall–Kier alpha value is -5.55. The number of rotatable bonds is 10. The second-order valence-corrected chi connectivity index (χ2v) is 10.0. The highest BCUT2D eigenvalue weighted by molar-refractivity contribution is 5.96. The molecule has 0 fully saturated rings. The molecule has 11 heteroatoms. The molecular formula is C33H30FN7O3. The van der Waals surface area contributed by atoms with Crippen LogP contribution in [0.3, 0.4) is 0 Å². The van der Waals surface area contributed by atoms with Crippen LogP contribution in [-0.4, -0.2) is 43.5 Å². The Bertz CT molecular complexity index is 1780. The zero-order chi connectivity index (χ0) is 30.5. The van der Waals surface area contributed by atoms with Gasteiger partial charge in [-0.15, -0.1) is 0 Å². The third kappa shape index (κ3) is 5.99. The number of fused-ring (bicyclic) bond motifs is 1. The third-order valence-corrected chi connectivity index (χ3v) is 7.03. The van der Waals surface area contributed by atoms with Crippen molar-refractivity contribution in [3.05, 3.63) is 138 Å². The fourth-order valence-electron chi connectivity index (χ4n) is 4.98. The van der Waals surface area contributed by atoms with Crippen LogP contribution in [0.25, 0.3) is 5.65 Å². The molecule has 1 atom stereocenters. The number of carbonyl (C=O) groups is 1. The van der Waals surface area contributed by atoms with Crippen LogP contribution in [0.5, 0.6) is 0 Å². The number of nitrogens with one attached hydrogen (secondary N) is 1. The zero-order valence-corrected chi connectivity index (χ0v) is 23.9. The molecule has 0 saturated carbocycles. The molecule has 2 N–H and O–H groups in total. The summed E-state index contributed by atoms with van der Waals surface area (Å²) in [6.45, 7) is 2.99. The van der Waals surface area contributed by atoms with Crippen LogP contribution in [0.2, 0.25) is 0 Å². The third-order valence-electron chi connectivity index (χ3n) is 7.03. The summed E-state index contributed by atoms with van der Waals surface area (Å²) in [5.41, 5.74) is 2.96. The van der Waals surface area contributed by atoms with Crippen molar-refractivity contribution in [3.8, 4) is 0 Å². The minimum atomic E-state index is -1.29. The van der Waals surface area contributed by atoms with Crippen molar-refractivity contribution >= 4 is 29.1 Å². The molecule has 3 aromatic heterocycles. The quantitative estimate of drug-likeness (QED) is 0.209. The summed E-state index contributed by atoms with van der Waals surface area (Å²) in [4.78, 5) is 25.2. The molecule has 0 aliphatic carbocycles. The molecule has 0 spiro atoms. The average molecular weight is 592 g/mol. The average Bonchev–Trinajstić information content (AvgIpc) is 3.47. The van der Waals surface area contributed by atoms with Crippen LogP contribution in [0, 0.1) is 5.82 Å². The largest absolute Gasteiger partial charge is 0.462 e. The molecule has 0 saturated heterocycles. The second-order valence-electron chi connectivity index (χ2n) is 10.0. The van der Waals surface area contributed by atoms with Crippen LogP contribution < -0.4 is 15.1 Å². The summed E-state index contributed by atoms with van der Waals surface area (Å²) in [7, 11) is 0. The number of aromatic nitrogens is 4. The van der Waals surface area contributed by atoms with E-state index < -0.39 is 18.0 Å². The summed E-state index contributed by atoms with van der Waals surface area (Å²) in [6, 6.07) is 24.6. The van der Waals surface area contributed by atoms with Crippen molar-refractivity contribution in [2.24, 2.45) is 0 Å². The van der Waals surface area contributed by atoms with Crippen molar-refractivity contribution < 1.29 is 19.0 Å². The van der Waals surface area contributed by atoms with Crippen LogP contribution in [-0.2, 0) is 17.8 Å². The van der Waals surface area contributed by atoms with Gasteiger partial charge >= 0.3 is 5.97 Å². The molecule has 1 aliphatic heterocycles. The normalized spacial score (nSPS) is 14.4. The lowest BCUT2D eigenvalue weighted by Crippen LogP contribution is -2.37. The molecular weight excluding hydrogens is 561 g/mol. The highest BCUT2D eigenvalue weighted by atomic mass is 19.1. The Balaban J connectivity index is 1.43. The van der Waals surface area contributed by atoms with Gasteiger partial charge in [0, 0.05) is 31.6 Å². The SMILES string of the molecule is CCOC(=O)c1cnn2c(N(Cc3ccccc3)Cc3ccccc3)cc(NC3=CC=CN(c4ncccc4F)C3O)nc12. The smallest absolute Gasteiger partial charge is 0.343 e. The van der Waals surface area contributed by atoms with Crippen LogP contribution >= 0.6 is 0 Å². The van der Waals surface area contributed by atoms with Gasteiger partial charge in [-0.2, -0.15) is 9.61 Å². The van der Waals surface area contributed by atoms with E-state index in [1.807, 2.05) is 60.7 Å². The molecule has 2 aromatic carbocycles. The number of allylic oxidation sites excluding steroid dienone is 2. The minimum Gasteiger partial charge on any atom is -0.462 e. The number of benzene rings is 2. The molecule has 222 valence electrons. The molecule has 0 amide bonds. The van der Waals surface area contributed by atoms with E-state index in [2.05, 4.69) is 20.3 Å².